The summed E-state index contributed by atoms with van der Waals surface area (Å²) in [5, 5.41) is 2.71. The van der Waals surface area contributed by atoms with Crippen LogP contribution >= 0.6 is 0 Å². The van der Waals surface area contributed by atoms with E-state index in [0.717, 1.165) is 31.9 Å². The van der Waals surface area contributed by atoms with E-state index in [1.807, 2.05) is 48.5 Å². The van der Waals surface area contributed by atoms with E-state index < -0.39 is 21.6 Å². The van der Waals surface area contributed by atoms with Crippen LogP contribution in [-0.2, 0) is 51.0 Å². The molecule has 2 aromatic rings. The van der Waals surface area contributed by atoms with Crippen molar-refractivity contribution in [3.63, 3.8) is 0 Å². The molecule has 0 aliphatic carbocycles. The Morgan fingerprint density at radius 1 is 0.800 bits per heavy atom. The van der Waals surface area contributed by atoms with E-state index >= 15 is 0 Å². The lowest BCUT2D eigenvalue weighted by Crippen LogP contribution is -2.48. The third-order valence-corrected chi connectivity index (χ3v) is 8.82. The van der Waals surface area contributed by atoms with Gasteiger partial charge < -0.3 is 14.8 Å². The van der Waals surface area contributed by atoms with Crippen LogP contribution in [0.25, 0.3) is 0 Å². The van der Waals surface area contributed by atoms with E-state index in [2.05, 4.69) is 21.6 Å². The Morgan fingerprint density at radius 2 is 1.31 bits per heavy atom. The number of halogens is 1. The first-order chi connectivity index (χ1) is 20.7. The number of methoxy groups -OCH3 is 2. The van der Waals surface area contributed by atoms with Crippen molar-refractivity contribution in [2.24, 2.45) is 5.92 Å². The minimum absolute atomic E-state index is 0. The smallest absolute Gasteiger partial charge is 0.269 e. The van der Waals surface area contributed by atoms with Crippen LogP contribution in [0.2, 0.25) is 0 Å². The molecule has 254 valence electrons. The van der Waals surface area contributed by atoms with Crippen LogP contribution in [0.3, 0.4) is 0 Å². The first kappa shape index (κ1) is 42.0. The Labute approximate surface area is 268 Å². The highest BCUT2D eigenvalue weighted by molar-refractivity contribution is 7.86. The molecule has 0 aliphatic rings. The van der Waals surface area contributed by atoms with Gasteiger partial charge in [-0.2, -0.15) is 8.42 Å². The normalized spacial score (nSPS) is 13.3. The molecule has 9 nitrogen and oxygen atoms in total. The molecule has 0 spiro atoms. The fraction of sp³-hybridized carbons (Fsp3) is 0.559. The van der Waals surface area contributed by atoms with Gasteiger partial charge in [0.15, 0.2) is 0 Å². The first-order valence-corrected chi connectivity index (χ1v) is 16.5. The SMILES string of the molecule is COC(CCc1ccccc1)C(CCC(=O)NC(C)(C)CS(=O)(=O)OC)C(C)=O.COC(CCc1ccccc1)CC(C)=O.F. The first-order valence-electron chi connectivity index (χ1n) is 14.9. The van der Waals surface area contributed by atoms with Crippen LogP contribution in [0.1, 0.15) is 70.9 Å². The molecule has 0 bridgehead atoms. The van der Waals surface area contributed by atoms with Gasteiger partial charge in [0, 0.05) is 33.0 Å². The van der Waals surface area contributed by atoms with E-state index in [1.165, 1.54) is 12.5 Å². The van der Waals surface area contributed by atoms with Crippen molar-refractivity contribution >= 4 is 27.6 Å². The molecule has 45 heavy (non-hydrogen) atoms. The minimum Gasteiger partial charge on any atom is -0.381 e. The molecular weight excluding hydrogens is 601 g/mol. The van der Waals surface area contributed by atoms with Gasteiger partial charge in [0.05, 0.1) is 30.6 Å². The molecule has 0 heterocycles. The number of carbonyl (C=O) groups excluding carboxylic acids is 3. The Kier molecular flexibility index (Phi) is 20.3. The number of hydrogen-bond acceptors (Lipinski definition) is 8. The Morgan fingerprint density at radius 3 is 1.73 bits per heavy atom. The molecule has 0 radical (unpaired) electrons. The maximum Gasteiger partial charge on any atom is 0.269 e. The summed E-state index contributed by atoms with van der Waals surface area (Å²) in [6.45, 7) is 6.34. The summed E-state index contributed by atoms with van der Waals surface area (Å²) in [6, 6.07) is 20.2. The summed E-state index contributed by atoms with van der Waals surface area (Å²) in [6.07, 6.45) is 4.04. The van der Waals surface area contributed by atoms with Gasteiger partial charge in [-0.1, -0.05) is 60.7 Å². The highest BCUT2D eigenvalue weighted by Gasteiger charge is 2.30. The molecule has 3 atom stereocenters. The highest BCUT2D eigenvalue weighted by atomic mass is 32.2. The van der Waals surface area contributed by atoms with E-state index in [-0.39, 0.29) is 46.6 Å². The van der Waals surface area contributed by atoms with Gasteiger partial charge in [-0.05, 0) is 70.9 Å². The Bertz CT molecular complexity index is 1240. The Hall–Kier alpha value is -2.99. The van der Waals surface area contributed by atoms with Gasteiger partial charge in [0.1, 0.15) is 11.6 Å². The fourth-order valence-corrected chi connectivity index (χ4v) is 6.02. The number of ether oxygens (including phenoxy) is 2. The molecule has 0 aliphatic heterocycles. The zero-order valence-corrected chi connectivity index (χ0v) is 28.6. The van der Waals surface area contributed by atoms with Crippen LogP contribution in [0, 0.1) is 5.92 Å². The summed E-state index contributed by atoms with van der Waals surface area (Å²) in [5.41, 5.74) is 1.48. The van der Waals surface area contributed by atoms with Crippen molar-refractivity contribution in [3.05, 3.63) is 71.8 Å². The van der Waals surface area contributed by atoms with Gasteiger partial charge in [-0.3, -0.25) is 23.3 Å². The molecule has 0 saturated heterocycles. The summed E-state index contributed by atoms with van der Waals surface area (Å²) < 4.78 is 38.5. The van der Waals surface area contributed by atoms with Crippen molar-refractivity contribution in [1.82, 2.24) is 5.32 Å². The van der Waals surface area contributed by atoms with Crippen LogP contribution in [0.5, 0.6) is 0 Å². The van der Waals surface area contributed by atoms with Crippen molar-refractivity contribution in [2.45, 2.75) is 90.4 Å². The van der Waals surface area contributed by atoms with Gasteiger partial charge >= 0.3 is 0 Å². The molecule has 1 N–H and O–H groups in total. The lowest BCUT2D eigenvalue weighted by molar-refractivity contribution is -0.127. The lowest BCUT2D eigenvalue weighted by atomic mass is 9.89. The standard InChI is InChI=1S/C21H33NO6S.C13H18O2.FH/c1-16(23)18(19(27-4)13-11-17-9-7-6-8-10-17)12-14-20(24)22-21(2,3)15-29(25,26)28-5;1-11(14)10-13(15-2)9-8-12-6-4-3-5-7-12;/h6-10,18-19H,11-15H2,1-5H3,(H,22,24);3-7,13H,8-10H2,1-2H3;1H. The van der Waals surface area contributed by atoms with Crippen LogP contribution in [0.15, 0.2) is 60.7 Å². The zero-order valence-electron chi connectivity index (χ0n) is 27.7. The number of aryl methyl sites for hydroxylation is 2. The number of nitrogens with one attached hydrogen (secondary N) is 1. The van der Waals surface area contributed by atoms with Gasteiger partial charge in [-0.25, -0.2) is 0 Å². The minimum atomic E-state index is -3.71. The van der Waals surface area contributed by atoms with E-state index in [0.29, 0.717) is 19.3 Å². The molecule has 2 aromatic carbocycles. The zero-order chi connectivity index (χ0) is 33.2. The van der Waals surface area contributed by atoms with Gasteiger partial charge in [-0.15, -0.1) is 0 Å². The predicted molar refractivity (Wildman–Crippen MR) is 175 cm³/mol. The number of benzene rings is 2. The molecule has 0 saturated carbocycles. The third-order valence-electron chi connectivity index (χ3n) is 7.23. The predicted octanol–water partition coefficient (Wildman–Crippen LogP) is 5.26. The summed E-state index contributed by atoms with van der Waals surface area (Å²) >= 11 is 0. The molecule has 2 rings (SSSR count). The number of rotatable bonds is 19. The summed E-state index contributed by atoms with van der Waals surface area (Å²) in [4.78, 5) is 35.5. The summed E-state index contributed by atoms with van der Waals surface area (Å²) in [5.74, 6) is -0.893. The Balaban J connectivity index is 0.00000102. The third kappa shape index (κ3) is 18.5. The van der Waals surface area contributed by atoms with Crippen molar-refractivity contribution in [1.29, 1.82) is 0 Å². The summed E-state index contributed by atoms with van der Waals surface area (Å²) in [7, 11) is 0.620. The number of ketones is 2. The molecule has 11 heteroatoms. The van der Waals surface area contributed by atoms with Crippen molar-refractivity contribution in [3.8, 4) is 0 Å². The van der Waals surface area contributed by atoms with Crippen LogP contribution in [-0.4, -0.2) is 70.7 Å². The van der Waals surface area contributed by atoms with Crippen molar-refractivity contribution < 1.29 is 41.2 Å². The van der Waals surface area contributed by atoms with E-state index in [9.17, 15) is 22.8 Å². The molecule has 1 amide bonds. The second-order valence-corrected chi connectivity index (χ2v) is 13.4. The number of carbonyl (C=O) groups is 3. The average Bonchev–Trinajstić information content (AvgIpc) is 2.97. The molecule has 3 unspecified atom stereocenters. The van der Waals surface area contributed by atoms with Crippen LogP contribution in [0.4, 0.5) is 4.70 Å². The molecule has 0 fully saturated rings. The quantitative estimate of drug-likeness (QED) is 0.204. The largest absolute Gasteiger partial charge is 0.381 e. The average molecular weight is 654 g/mol. The monoisotopic (exact) mass is 653 g/mol. The second kappa shape index (κ2) is 21.7. The number of Topliss-reactive ketones (excluding diaryl/α,β-unsaturated/α-hetero) is 2. The van der Waals surface area contributed by atoms with Gasteiger partial charge in [0.2, 0.25) is 5.91 Å². The van der Waals surface area contributed by atoms with Crippen LogP contribution < -0.4 is 5.32 Å². The fourth-order valence-electron chi connectivity index (χ4n) is 4.95. The van der Waals surface area contributed by atoms with Crippen molar-refractivity contribution in [2.75, 3.05) is 27.1 Å². The lowest BCUT2D eigenvalue weighted by Gasteiger charge is -2.27. The van der Waals surface area contributed by atoms with E-state index in [1.54, 1.807) is 35.0 Å². The van der Waals surface area contributed by atoms with E-state index in [4.69, 9.17) is 9.47 Å². The maximum absolute atomic E-state index is 12.4. The number of hydrogen-bond donors (Lipinski definition) is 1. The topological polar surface area (TPSA) is 125 Å². The highest BCUT2D eigenvalue weighted by Crippen LogP contribution is 2.21. The second-order valence-electron chi connectivity index (χ2n) is 11.6. The molecular formula is C34H52FNO8S. The van der Waals surface area contributed by atoms with Gasteiger partial charge in [0.25, 0.3) is 10.1 Å². The molecule has 0 aromatic heterocycles. The maximum atomic E-state index is 12.4. The number of amides is 1.